The van der Waals surface area contributed by atoms with E-state index in [4.69, 9.17) is 4.74 Å². The average Bonchev–Trinajstić information content (AvgIpc) is 2.81. The van der Waals surface area contributed by atoms with E-state index in [1.54, 1.807) is 0 Å². The summed E-state index contributed by atoms with van der Waals surface area (Å²) in [4.78, 5) is 4.94. The molecule has 2 atom stereocenters. The minimum Gasteiger partial charge on any atom is -0.372 e. The molecule has 0 amide bonds. The maximum absolute atomic E-state index is 5.22. The summed E-state index contributed by atoms with van der Waals surface area (Å²) in [5, 5.41) is 0. The average molecular weight is 170 g/mol. The zero-order valence-electron chi connectivity index (χ0n) is 7.99. The molecule has 12 heavy (non-hydrogen) atoms. The van der Waals surface area contributed by atoms with E-state index in [0.717, 1.165) is 13.2 Å². The second-order valence-corrected chi connectivity index (χ2v) is 4.04. The molecule has 0 aromatic rings. The van der Waals surface area contributed by atoms with E-state index in [1.807, 2.05) is 0 Å². The maximum Gasteiger partial charge on any atom is 0.0936 e. The number of hydrogen-bond donors (Lipinski definition) is 0. The third-order valence-corrected chi connectivity index (χ3v) is 2.91. The van der Waals surface area contributed by atoms with Gasteiger partial charge in [-0.25, -0.2) is 0 Å². The van der Waals surface area contributed by atoms with Gasteiger partial charge in [0, 0.05) is 32.2 Å². The van der Waals surface area contributed by atoms with Gasteiger partial charge in [-0.3, -0.25) is 4.90 Å². The Labute approximate surface area is 74.3 Å². The van der Waals surface area contributed by atoms with Crippen LogP contribution in [0.4, 0.5) is 0 Å². The molecule has 70 valence electrons. The predicted molar refractivity (Wildman–Crippen MR) is 48.3 cm³/mol. The topological polar surface area (TPSA) is 19.0 Å². The van der Waals surface area contributed by atoms with E-state index in [2.05, 4.69) is 23.8 Å². The van der Waals surface area contributed by atoms with Gasteiger partial charge >= 0.3 is 0 Å². The van der Waals surface area contributed by atoms with Crippen molar-refractivity contribution in [1.82, 2.24) is 9.80 Å². The van der Waals surface area contributed by atoms with Crippen molar-refractivity contribution in [2.24, 2.45) is 0 Å². The fourth-order valence-corrected chi connectivity index (χ4v) is 1.75. The molecule has 1 unspecified atom stereocenters. The van der Waals surface area contributed by atoms with Gasteiger partial charge in [0.25, 0.3) is 0 Å². The molecule has 2 rings (SSSR count). The quantitative estimate of drug-likeness (QED) is 0.545. The van der Waals surface area contributed by atoms with Crippen LogP contribution in [0.5, 0.6) is 0 Å². The van der Waals surface area contributed by atoms with E-state index < -0.39 is 0 Å². The molecule has 0 radical (unpaired) electrons. The summed E-state index contributed by atoms with van der Waals surface area (Å²) < 4.78 is 5.22. The van der Waals surface area contributed by atoms with Gasteiger partial charge in [0.2, 0.25) is 0 Å². The summed E-state index contributed by atoms with van der Waals surface area (Å²) in [6.45, 7) is 8.05. The van der Waals surface area contributed by atoms with Gasteiger partial charge in [0.05, 0.1) is 12.7 Å². The Morgan fingerprint density at radius 2 is 2.17 bits per heavy atom. The van der Waals surface area contributed by atoms with Gasteiger partial charge in [0.1, 0.15) is 0 Å². The molecular formula is C9H18N2O. The first-order chi connectivity index (χ1) is 5.75. The summed E-state index contributed by atoms with van der Waals surface area (Å²) in [6.07, 6.45) is 0.556. The largest absolute Gasteiger partial charge is 0.372 e. The molecule has 0 aromatic carbocycles. The van der Waals surface area contributed by atoms with Crippen LogP contribution in [0.2, 0.25) is 0 Å². The zero-order chi connectivity index (χ0) is 8.55. The summed E-state index contributed by atoms with van der Waals surface area (Å²) in [5.74, 6) is 0. The van der Waals surface area contributed by atoms with Crippen LogP contribution in [0.25, 0.3) is 0 Å². The minimum atomic E-state index is 0.556. The Bertz CT molecular complexity index is 159. The molecule has 0 saturated carbocycles. The first-order valence-electron chi connectivity index (χ1n) is 4.80. The molecule has 0 spiro atoms. The van der Waals surface area contributed by atoms with Gasteiger partial charge in [-0.2, -0.15) is 0 Å². The highest BCUT2D eigenvalue weighted by Gasteiger charge is 2.28. The van der Waals surface area contributed by atoms with Gasteiger partial charge < -0.3 is 9.64 Å². The monoisotopic (exact) mass is 170 g/mol. The van der Waals surface area contributed by atoms with E-state index >= 15 is 0 Å². The van der Waals surface area contributed by atoms with Gasteiger partial charge in [-0.1, -0.05) is 0 Å². The van der Waals surface area contributed by atoms with Gasteiger partial charge in [-0.05, 0) is 14.0 Å². The number of rotatable bonds is 2. The lowest BCUT2D eigenvalue weighted by Crippen LogP contribution is -2.50. The third-order valence-electron chi connectivity index (χ3n) is 2.91. The molecular weight excluding hydrogens is 152 g/mol. The Kier molecular flexibility index (Phi) is 2.35. The Hall–Kier alpha value is -0.120. The minimum absolute atomic E-state index is 0.556. The predicted octanol–water partition coefficient (Wildman–Crippen LogP) is 0.0211. The third kappa shape index (κ3) is 1.97. The van der Waals surface area contributed by atoms with E-state index in [1.165, 1.54) is 19.6 Å². The molecule has 2 aliphatic rings. The van der Waals surface area contributed by atoms with Crippen molar-refractivity contribution in [2.75, 3.05) is 39.8 Å². The van der Waals surface area contributed by atoms with Crippen LogP contribution in [0.3, 0.4) is 0 Å². The SMILES string of the molecule is CC1CN(C[C@@H]2CO2)CCN1C. The highest BCUT2D eigenvalue weighted by atomic mass is 16.6. The van der Waals surface area contributed by atoms with Crippen molar-refractivity contribution in [3.8, 4) is 0 Å². The van der Waals surface area contributed by atoms with Crippen LogP contribution in [-0.4, -0.2) is 61.8 Å². The highest BCUT2D eigenvalue weighted by Crippen LogP contribution is 2.14. The Balaban J connectivity index is 1.76. The fourth-order valence-electron chi connectivity index (χ4n) is 1.75. The van der Waals surface area contributed by atoms with Crippen molar-refractivity contribution >= 4 is 0 Å². The molecule has 0 aliphatic carbocycles. The van der Waals surface area contributed by atoms with Gasteiger partial charge in [0.15, 0.2) is 0 Å². The molecule has 2 saturated heterocycles. The molecule has 3 heteroatoms. The number of piperazine rings is 1. The number of epoxide rings is 1. The first kappa shape index (κ1) is 8.48. The first-order valence-corrected chi connectivity index (χ1v) is 4.80. The van der Waals surface area contributed by atoms with Crippen LogP contribution < -0.4 is 0 Å². The van der Waals surface area contributed by atoms with Crippen LogP contribution in [0.1, 0.15) is 6.92 Å². The molecule has 0 aromatic heterocycles. The van der Waals surface area contributed by atoms with Crippen molar-refractivity contribution < 1.29 is 4.74 Å². The second kappa shape index (κ2) is 3.32. The van der Waals surface area contributed by atoms with Gasteiger partial charge in [-0.15, -0.1) is 0 Å². The van der Waals surface area contributed by atoms with E-state index in [9.17, 15) is 0 Å². The summed E-state index contributed by atoms with van der Waals surface area (Å²) in [5.41, 5.74) is 0. The zero-order valence-corrected chi connectivity index (χ0v) is 7.99. The normalized spacial score (nSPS) is 38.5. The molecule has 0 N–H and O–H groups in total. The molecule has 2 heterocycles. The number of hydrogen-bond acceptors (Lipinski definition) is 3. The lowest BCUT2D eigenvalue weighted by Gasteiger charge is -2.37. The molecule has 0 bridgehead atoms. The Morgan fingerprint density at radius 1 is 1.42 bits per heavy atom. The van der Waals surface area contributed by atoms with Crippen LogP contribution in [0, 0.1) is 0 Å². The number of likely N-dealkylation sites (N-methyl/N-ethyl adjacent to an activating group) is 1. The van der Waals surface area contributed by atoms with E-state index in [-0.39, 0.29) is 0 Å². The maximum atomic E-state index is 5.22. The summed E-state index contributed by atoms with van der Waals surface area (Å²) >= 11 is 0. The van der Waals surface area contributed by atoms with Crippen molar-refractivity contribution in [3.05, 3.63) is 0 Å². The second-order valence-electron chi connectivity index (χ2n) is 4.04. The van der Waals surface area contributed by atoms with Crippen LogP contribution in [-0.2, 0) is 4.74 Å². The summed E-state index contributed by atoms with van der Waals surface area (Å²) in [6, 6.07) is 0.706. The fraction of sp³-hybridized carbons (Fsp3) is 1.00. The molecule has 2 fully saturated rings. The van der Waals surface area contributed by atoms with Crippen molar-refractivity contribution in [2.45, 2.75) is 19.1 Å². The standard InChI is InChI=1S/C9H18N2O/c1-8-5-11(4-3-10(8)2)6-9-7-12-9/h8-9H,3-7H2,1-2H3/t8?,9-/m1/s1. The molecule has 2 aliphatic heterocycles. The van der Waals surface area contributed by atoms with Crippen LogP contribution >= 0.6 is 0 Å². The summed E-state index contributed by atoms with van der Waals surface area (Å²) in [7, 11) is 2.20. The highest BCUT2D eigenvalue weighted by molar-refractivity contribution is 4.81. The van der Waals surface area contributed by atoms with Crippen LogP contribution in [0.15, 0.2) is 0 Å². The smallest absolute Gasteiger partial charge is 0.0936 e. The van der Waals surface area contributed by atoms with E-state index in [0.29, 0.717) is 12.1 Å². The number of nitrogens with zero attached hydrogens (tertiary/aromatic N) is 2. The lowest BCUT2D eigenvalue weighted by molar-refractivity contribution is 0.0991. The molecule has 3 nitrogen and oxygen atoms in total. The lowest BCUT2D eigenvalue weighted by atomic mass is 10.2. The van der Waals surface area contributed by atoms with Crippen molar-refractivity contribution in [1.29, 1.82) is 0 Å². The Morgan fingerprint density at radius 3 is 2.75 bits per heavy atom. The van der Waals surface area contributed by atoms with Crippen molar-refractivity contribution in [3.63, 3.8) is 0 Å². The number of ether oxygens (including phenoxy) is 1.